The molecule has 2 rings (SSSR count). The summed E-state index contributed by atoms with van der Waals surface area (Å²) >= 11 is 5.68. The molecule has 1 aliphatic rings. The Labute approximate surface area is 124 Å². The van der Waals surface area contributed by atoms with Gasteiger partial charge in [0.15, 0.2) is 0 Å². The van der Waals surface area contributed by atoms with E-state index in [1.54, 1.807) is 0 Å². The molecule has 1 saturated heterocycles. The van der Waals surface area contributed by atoms with Crippen molar-refractivity contribution in [3.63, 3.8) is 0 Å². The second-order valence-electron chi connectivity index (χ2n) is 4.54. The average Bonchev–Trinajstić information content (AvgIpc) is 2.90. The first kappa shape index (κ1) is 15.0. The van der Waals surface area contributed by atoms with E-state index >= 15 is 0 Å². The highest BCUT2D eigenvalue weighted by molar-refractivity contribution is 6.32. The van der Waals surface area contributed by atoms with E-state index in [-0.39, 0.29) is 16.4 Å². The Balaban J connectivity index is 2.14. The number of nitro benzene ring substituents is 1. The summed E-state index contributed by atoms with van der Waals surface area (Å²) in [7, 11) is 0. The summed E-state index contributed by atoms with van der Waals surface area (Å²) in [6.07, 6.45) is 0.995. The van der Waals surface area contributed by atoms with E-state index in [1.165, 1.54) is 17.0 Å². The van der Waals surface area contributed by atoms with Crippen molar-refractivity contribution >= 4 is 35.0 Å². The zero-order valence-corrected chi connectivity index (χ0v) is 11.5. The molecule has 1 aliphatic heterocycles. The summed E-state index contributed by atoms with van der Waals surface area (Å²) in [5.74, 6) is -1.07. The van der Waals surface area contributed by atoms with Gasteiger partial charge in [-0.25, -0.2) is 9.59 Å². The zero-order valence-electron chi connectivity index (χ0n) is 10.8. The minimum absolute atomic E-state index is 0.0393. The van der Waals surface area contributed by atoms with Gasteiger partial charge in [0.25, 0.3) is 5.69 Å². The molecule has 0 spiro atoms. The van der Waals surface area contributed by atoms with Crippen LogP contribution in [0, 0.1) is 10.1 Å². The van der Waals surface area contributed by atoms with E-state index < -0.39 is 23.0 Å². The van der Waals surface area contributed by atoms with Crippen LogP contribution in [0.2, 0.25) is 5.02 Å². The fourth-order valence-corrected chi connectivity index (χ4v) is 2.38. The molecule has 1 aromatic rings. The number of benzene rings is 1. The van der Waals surface area contributed by atoms with Crippen LogP contribution in [-0.2, 0) is 4.79 Å². The van der Waals surface area contributed by atoms with Gasteiger partial charge in [-0.05, 0) is 25.0 Å². The van der Waals surface area contributed by atoms with Crippen LogP contribution in [0.4, 0.5) is 16.2 Å². The summed E-state index contributed by atoms with van der Waals surface area (Å²) in [4.78, 5) is 34.4. The van der Waals surface area contributed by atoms with E-state index in [1.807, 2.05) is 0 Å². The topological polar surface area (TPSA) is 113 Å². The molecule has 9 heteroatoms. The smallest absolute Gasteiger partial charge is 0.326 e. The fourth-order valence-electron chi connectivity index (χ4n) is 2.19. The van der Waals surface area contributed by atoms with Crippen molar-refractivity contribution in [1.82, 2.24) is 4.90 Å². The summed E-state index contributed by atoms with van der Waals surface area (Å²) in [5, 5.41) is 22.2. The maximum atomic E-state index is 12.0. The molecule has 2 amide bonds. The Bertz CT molecular complexity index is 607. The lowest BCUT2D eigenvalue weighted by atomic mass is 10.2. The number of hydrogen-bond donors (Lipinski definition) is 2. The number of anilines is 1. The first-order valence-corrected chi connectivity index (χ1v) is 6.52. The van der Waals surface area contributed by atoms with E-state index in [4.69, 9.17) is 16.7 Å². The van der Waals surface area contributed by atoms with Gasteiger partial charge in [-0.3, -0.25) is 10.1 Å². The quantitative estimate of drug-likeness (QED) is 0.656. The number of carbonyl (C=O) groups excluding carboxylic acids is 1. The lowest BCUT2D eigenvalue weighted by molar-refractivity contribution is -0.384. The second kappa shape index (κ2) is 5.96. The lowest BCUT2D eigenvalue weighted by Gasteiger charge is -2.21. The largest absolute Gasteiger partial charge is 0.480 e. The number of aliphatic carboxylic acids is 1. The Morgan fingerprint density at radius 2 is 2.19 bits per heavy atom. The highest BCUT2D eigenvalue weighted by Gasteiger charge is 2.34. The molecule has 0 bridgehead atoms. The van der Waals surface area contributed by atoms with Crippen LogP contribution in [0.15, 0.2) is 18.2 Å². The van der Waals surface area contributed by atoms with Crippen molar-refractivity contribution in [3.8, 4) is 0 Å². The van der Waals surface area contributed by atoms with Crippen molar-refractivity contribution in [1.29, 1.82) is 0 Å². The maximum absolute atomic E-state index is 12.0. The summed E-state index contributed by atoms with van der Waals surface area (Å²) in [6, 6.07) is 2.38. The third kappa shape index (κ3) is 3.22. The molecule has 2 N–H and O–H groups in total. The van der Waals surface area contributed by atoms with Gasteiger partial charge >= 0.3 is 12.0 Å². The van der Waals surface area contributed by atoms with Crippen molar-refractivity contribution in [2.45, 2.75) is 18.9 Å². The number of nitrogens with zero attached hydrogens (tertiary/aromatic N) is 2. The van der Waals surface area contributed by atoms with Gasteiger partial charge in [0, 0.05) is 18.3 Å². The summed E-state index contributed by atoms with van der Waals surface area (Å²) in [5.41, 5.74) is -0.141. The number of nitrogens with one attached hydrogen (secondary N) is 1. The third-order valence-corrected chi connectivity index (χ3v) is 3.51. The van der Waals surface area contributed by atoms with Crippen LogP contribution >= 0.6 is 11.6 Å². The van der Waals surface area contributed by atoms with Gasteiger partial charge in [-0.15, -0.1) is 0 Å². The number of carboxylic acids is 1. The van der Waals surface area contributed by atoms with Gasteiger partial charge in [0.05, 0.1) is 4.92 Å². The molecular weight excluding hydrogens is 302 g/mol. The number of nitro groups is 1. The molecular formula is C12H12ClN3O5. The van der Waals surface area contributed by atoms with Crippen LogP contribution in [0.25, 0.3) is 0 Å². The minimum atomic E-state index is -1.07. The molecule has 1 atom stereocenters. The van der Waals surface area contributed by atoms with Gasteiger partial charge < -0.3 is 15.3 Å². The molecule has 8 nitrogen and oxygen atoms in total. The number of hydrogen-bond acceptors (Lipinski definition) is 4. The number of carbonyl (C=O) groups is 2. The Morgan fingerprint density at radius 1 is 1.48 bits per heavy atom. The molecule has 0 radical (unpaired) electrons. The summed E-state index contributed by atoms with van der Waals surface area (Å²) in [6.45, 7) is 0.332. The highest BCUT2D eigenvalue weighted by Crippen LogP contribution is 2.28. The standard InChI is InChI=1S/C12H12ClN3O5/c13-8-4-3-7(6-10(8)16(20)21)14-12(19)15-5-1-2-9(15)11(17)18/h3-4,6,9H,1-2,5H2,(H,14,19)(H,17,18). The average molecular weight is 314 g/mol. The Morgan fingerprint density at radius 3 is 2.81 bits per heavy atom. The molecule has 1 unspecified atom stereocenters. The first-order valence-electron chi connectivity index (χ1n) is 6.14. The van der Waals surface area contributed by atoms with Gasteiger partial charge in [0.1, 0.15) is 11.1 Å². The fraction of sp³-hybridized carbons (Fsp3) is 0.333. The Hall–Kier alpha value is -2.35. The molecule has 0 saturated carbocycles. The molecule has 112 valence electrons. The maximum Gasteiger partial charge on any atom is 0.326 e. The minimum Gasteiger partial charge on any atom is -0.480 e. The molecule has 21 heavy (non-hydrogen) atoms. The van der Waals surface area contributed by atoms with Gasteiger partial charge in [0.2, 0.25) is 0 Å². The van der Waals surface area contributed by atoms with Gasteiger partial charge in [-0.2, -0.15) is 0 Å². The molecule has 1 aromatic carbocycles. The van der Waals surface area contributed by atoms with Crippen LogP contribution in [0.1, 0.15) is 12.8 Å². The molecule has 1 heterocycles. The second-order valence-corrected chi connectivity index (χ2v) is 4.95. The van der Waals surface area contributed by atoms with E-state index in [9.17, 15) is 19.7 Å². The van der Waals surface area contributed by atoms with Crippen molar-refractivity contribution < 1.29 is 19.6 Å². The number of rotatable bonds is 3. The van der Waals surface area contributed by atoms with Crippen LogP contribution < -0.4 is 5.32 Å². The highest BCUT2D eigenvalue weighted by atomic mass is 35.5. The van der Waals surface area contributed by atoms with Crippen LogP contribution in [0.3, 0.4) is 0 Å². The number of urea groups is 1. The van der Waals surface area contributed by atoms with Crippen LogP contribution in [0.5, 0.6) is 0 Å². The van der Waals surface area contributed by atoms with E-state index in [0.29, 0.717) is 19.4 Å². The van der Waals surface area contributed by atoms with E-state index in [2.05, 4.69) is 5.32 Å². The van der Waals surface area contributed by atoms with Crippen LogP contribution in [-0.4, -0.2) is 39.5 Å². The number of halogens is 1. The molecule has 0 aromatic heterocycles. The van der Waals surface area contributed by atoms with Crippen molar-refractivity contribution in [2.75, 3.05) is 11.9 Å². The zero-order chi connectivity index (χ0) is 15.6. The van der Waals surface area contributed by atoms with E-state index in [0.717, 1.165) is 6.07 Å². The predicted molar refractivity (Wildman–Crippen MR) is 74.5 cm³/mol. The number of carboxylic acid groups (broad SMARTS) is 1. The number of likely N-dealkylation sites (tertiary alicyclic amines) is 1. The first-order chi connectivity index (χ1) is 9.90. The normalized spacial score (nSPS) is 17.6. The van der Waals surface area contributed by atoms with Crippen molar-refractivity contribution in [3.05, 3.63) is 33.3 Å². The monoisotopic (exact) mass is 313 g/mol. The molecule has 1 fully saturated rings. The SMILES string of the molecule is O=C(O)C1CCCN1C(=O)Nc1ccc(Cl)c([N+](=O)[O-])c1. The van der Waals surface area contributed by atoms with Crippen molar-refractivity contribution in [2.24, 2.45) is 0 Å². The predicted octanol–water partition coefficient (Wildman–Crippen LogP) is 2.33. The molecule has 0 aliphatic carbocycles. The lowest BCUT2D eigenvalue weighted by Crippen LogP contribution is -2.42. The number of amides is 2. The Kier molecular flexibility index (Phi) is 4.27. The summed E-state index contributed by atoms with van der Waals surface area (Å²) < 4.78 is 0. The third-order valence-electron chi connectivity index (χ3n) is 3.19. The van der Waals surface area contributed by atoms with Gasteiger partial charge in [-0.1, -0.05) is 11.6 Å².